The fourth-order valence-electron chi connectivity index (χ4n) is 1.66. The van der Waals surface area contributed by atoms with E-state index in [4.69, 9.17) is 0 Å². The number of rotatable bonds is 3. The van der Waals surface area contributed by atoms with Gasteiger partial charge in [0, 0.05) is 26.7 Å². The van der Waals surface area contributed by atoms with E-state index in [1.165, 1.54) is 6.07 Å². The van der Waals surface area contributed by atoms with Crippen LogP contribution in [0.3, 0.4) is 0 Å². The number of aryl methyl sites for hydroxylation is 1. The maximum absolute atomic E-state index is 13.6. The molecule has 2 rings (SSSR count). The third kappa shape index (κ3) is 3.33. The first-order valence-corrected chi connectivity index (χ1v) is 7.09. The average Bonchev–Trinajstić information content (AvgIpc) is 2.32. The number of benzene rings is 2. The van der Waals surface area contributed by atoms with Crippen molar-refractivity contribution in [3.8, 4) is 0 Å². The summed E-state index contributed by atoms with van der Waals surface area (Å²) in [5.41, 5.74) is 2.67. The molecule has 18 heavy (non-hydrogen) atoms. The van der Waals surface area contributed by atoms with Gasteiger partial charge < -0.3 is 5.32 Å². The smallest absolute Gasteiger partial charge is 0.128 e. The fourth-order valence-corrected chi connectivity index (χ4v) is 2.85. The van der Waals surface area contributed by atoms with Crippen molar-refractivity contribution in [3.05, 3.63) is 62.3 Å². The van der Waals surface area contributed by atoms with E-state index in [9.17, 15) is 4.39 Å². The van der Waals surface area contributed by atoms with Crippen LogP contribution in [0.25, 0.3) is 0 Å². The van der Waals surface area contributed by atoms with Crippen LogP contribution in [0.5, 0.6) is 0 Å². The average molecular weight is 373 g/mol. The number of nitrogens with one attached hydrogen (secondary N) is 1. The van der Waals surface area contributed by atoms with Gasteiger partial charge >= 0.3 is 0 Å². The molecule has 0 atom stereocenters. The first kappa shape index (κ1) is 13.6. The lowest BCUT2D eigenvalue weighted by Crippen LogP contribution is -2.02. The van der Waals surface area contributed by atoms with Crippen LogP contribution in [0.4, 0.5) is 10.1 Å². The van der Waals surface area contributed by atoms with Gasteiger partial charge in [0.15, 0.2) is 0 Å². The van der Waals surface area contributed by atoms with E-state index < -0.39 is 0 Å². The Hall–Kier alpha value is -0.870. The van der Waals surface area contributed by atoms with E-state index in [2.05, 4.69) is 37.2 Å². The van der Waals surface area contributed by atoms with Crippen molar-refractivity contribution in [2.75, 3.05) is 5.32 Å². The van der Waals surface area contributed by atoms with Gasteiger partial charge in [0.05, 0.1) is 0 Å². The van der Waals surface area contributed by atoms with Crippen molar-refractivity contribution < 1.29 is 4.39 Å². The van der Waals surface area contributed by atoms with Gasteiger partial charge in [-0.05, 0) is 47.1 Å². The van der Waals surface area contributed by atoms with Crippen LogP contribution in [0.2, 0.25) is 0 Å². The summed E-state index contributed by atoms with van der Waals surface area (Å²) in [6, 6.07) is 11.0. The van der Waals surface area contributed by atoms with Gasteiger partial charge in [0.2, 0.25) is 0 Å². The Morgan fingerprint density at radius 2 is 1.89 bits per heavy atom. The highest BCUT2D eigenvalue weighted by molar-refractivity contribution is 9.11. The third-order valence-electron chi connectivity index (χ3n) is 2.60. The zero-order chi connectivity index (χ0) is 13.1. The molecule has 0 saturated carbocycles. The lowest BCUT2D eigenvalue weighted by atomic mass is 10.1. The van der Waals surface area contributed by atoms with Gasteiger partial charge in [-0.3, -0.25) is 0 Å². The first-order valence-electron chi connectivity index (χ1n) is 5.50. The number of hydrogen-bond donors (Lipinski definition) is 1. The molecule has 0 saturated heterocycles. The van der Waals surface area contributed by atoms with Gasteiger partial charge in [0.25, 0.3) is 0 Å². The van der Waals surface area contributed by atoms with E-state index >= 15 is 0 Å². The molecular weight excluding hydrogens is 361 g/mol. The first-order chi connectivity index (χ1) is 8.56. The van der Waals surface area contributed by atoms with Crippen LogP contribution in [0.1, 0.15) is 11.1 Å². The monoisotopic (exact) mass is 371 g/mol. The van der Waals surface area contributed by atoms with Crippen molar-refractivity contribution in [2.24, 2.45) is 0 Å². The van der Waals surface area contributed by atoms with Crippen molar-refractivity contribution in [1.82, 2.24) is 0 Å². The molecule has 4 heteroatoms. The predicted molar refractivity (Wildman–Crippen MR) is 80.3 cm³/mol. The third-order valence-corrected chi connectivity index (χ3v) is 3.75. The van der Waals surface area contributed by atoms with E-state index in [1.54, 1.807) is 6.07 Å². The summed E-state index contributed by atoms with van der Waals surface area (Å²) in [6.07, 6.45) is 0. The Morgan fingerprint density at radius 3 is 2.61 bits per heavy atom. The zero-order valence-corrected chi connectivity index (χ0v) is 13.0. The normalized spacial score (nSPS) is 10.4. The summed E-state index contributed by atoms with van der Waals surface area (Å²) >= 11 is 6.86. The highest BCUT2D eigenvalue weighted by atomic mass is 79.9. The molecule has 0 aromatic heterocycles. The molecular formula is C14H12Br2FN. The topological polar surface area (TPSA) is 12.0 Å². The van der Waals surface area contributed by atoms with Crippen LogP contribution in [0.15, 0.2) is 45.3 Å². The van der Waals surface area contributed by atoms with Crippen molar-refractivity contribution in [3.63, 3.8) is 0 Å². The molecule has 0 amide bonds. The van der Waals surface area contributed by atoms with Crippen LogP contribution in [0, 0.1) is 12.7 Å². The van der Waals surface area contributed by atoms with Gasteiger partial charge in [0.1, 0.15) is 5.82 Å². The summed E-state index contributed by atoms with van der Waals surface area (Å²) in [6.45, 7) is 2.42. The molecule has 0 aliphatic carbocycles. The van der Waals surface area contributed by atoms with Crippen LogP contribution >= 0.6 is 31.9 Å². The van der Waals surface area contributed by atoms with Crippen LogP contribution in [-0.4, -0.2) is 0 Å². The van der Waals surface area contributed by atoms with Crippen molar-refractivity contribution in [2.45, 2.75) is 13.5 Å². The summed E-state index contributed by atoms with van der Waals surface area (Å²) in [4.78, 5) is 0. The SMILES string of the molecule is Cc1ccc(F)c(CNc2ccc(Br)cc2Br)c1. The summed E-state index contributed by atoms with van der Waals surface area (Å²) in [5, 5.41) is 3.22. The Kier molecular flexibility index (Phi) is 4.40. The van der Waals surface area contributed by atoms with Gasteiger partial charge in [-0.1, -0.05) is 33.6 Å². The van der Waals surface area contributed by atoms with Gasteiger partial charge in [-0.2, -0.15) is 0 Å². The minimum Gasteiger partial charge on any atom is -0.380 e. The maximum Gasteiger partial charge on any atom is 0.128 e. The zero-order valence-electron chi connectivity index (χ0n) is 9.81. The van der Waals surface area contributed by atoms with E-state index in [0.717, 1.165) is 20.2 Å². The second-order valence-electron chi connectivity index (χ2n) is 4.07. The summed E-state index contributed by atoms with van der Waals surface area (Å²) in [5.74, 6) is -0.179. The lowest BCUT2D eigenvalue weighted by molar-refractivity contribution is 0.612. The Bertz CT molecular complexity index is 570. The van der Waals surface area contributed by atoms with E-state index in [0.29, 0.717) is 12.1 Å². The molecule has 0 fully saturated rings. The van der Waals surface area contributed by atoms with Gasteiger partial charge in [-0.25, -0.2) is 4.39 Å². The number of halogens is 3. The molecule has 2 aromatic rings. The second-order valence-corrected chi connectivity index (χ2v) is 5.84. The maximum atomic E-state index is 13.6. The van der Waals surface area contributed by atoms with Crippen LogP contribution in [-0.2, 0) is 6.54 Å². The molecule has 94 valence electrons. The molecule has 0 unspecified atom stereocenters. The van der Waals surface area contributed by atoms with Crippen LogP contribution < -0.4 is 5.32 Å². The highest BCUT2D eigenvalue weighted by Crippen LogP contribution is 2.26. The number of hydrogen-bond acceptors (Lipinski definition) is 1. The lowest BCUT2D eigenvalue weighted by Gasteiger charge is -2.10. The minimum atomic E-state index is -0.179. The molecule has 0 aliphatic rings. The Balaban J connectivity index is 2.13. The molecule has 0 aliphatic heterocycles. The Labute approximate surface area is 123 Å². The highest BCUT2D eigenvalue weighted by Gasteiger charge is 2.04. The molecule has 0 spiro atoms. The quantitative estimate of drug-likeness (QED) is 0.773. The molecule has 0 heterocycles. The number of anilines is 1. The molecule has 0 radical (unpaired) electrons. The Morgan fingerprint density at radius 1 is 1.11 bits per heavy atom. The summed E-state index contributed by atoms with van der Waals surface area (Å²) in [7, 11) is 0. The van der Waals surface area contributed by atoms with E-state index in [-0.39, 0.29) is 5.82 Å². The van der Waals surface area contributed by atoms with Crippen molar-refractivity contribution in [1.29, 1.82) is 0 Å². The minimum absolute atomic E-state index is 0.179. The largest absolute Gasteiger partial charge is 0.380 e. The molecule has 2 aromatic carbocycles. The molecule has 0 bridgehead atoms. The van der Waals surface area contributed by atoms with Gasteiger partial charge in [-0.15, -0.1) is 0 Å². The second kappa shape index (κ2) is 5.85. The van der Waals surface area contributed by atoms with Crippen molar-refractivity contribution >= 4 is 37.5 Å². The molecule has 1 nitrogen and oxygen atoms in total. The predicted octanol–water partition coefficient (Wildman–Crippen LogP) is 5.27. The van der Waals surface area contributed by atoms with E-state index in [1.807, 2.05) is 31.2 Å². The summed E-state index contributed by atoms with van der Waals surface area (Å²) < 4.78 is 15.5. The molecule has 1 N–H and O–H groups in total. The standard InChI is InChI=1S/C14H12Br2FN/c1-9-2-4-13(17)10(6-9)8-18-14-5-3-11(15)7-12(14)16/h2-7,18H,8H2,1H3. The fraction of sp³-hybridized carbons (Fsp3) is 0.143.